The van der Waals surface area contributed by atoms with Gasteiger partial charge in [-0.3, -0.25) is 0 Å². The Balaban J connectivity index is 2.77. The van der Waals surface area contributed by atoms with Gasteiger partial charge in [0.1, 0.15) is 0 Å². The molecule has 0 bridgehead atoms. The van der Waals surface area contributed by atoms with E-state index in [1.165, 1.54) is 14.2 Å². The van der Waals surface area contributed by atoms with Crippen LogP contribution in [0.15, 0.2) is 9.85 Å². The van der Waals surface area contributed by atoms with Crippen molar-refractivity contribution >= 4 is 27.3 Å². The van der Waals surface area contributed by atoms with Gasteiger partial charge in [-0.25, -0.2) is 0 Å². The standard InChI is InChI=1S/C7H10BrNS/c1-5-4-6(2-3-9)10-7(5)8/h4H,2-3,9H2,1H3. The molecule has 10 heavy (non-hydrogen) atoms. The Hall–Kier alpha value is 0.140. The normalized spacial score (nSPS) is 10.3. The van der Waals surface area contributed by atoms with Crippen LogP contribution in [0.25, 0.3) is 0 Å². The lowest BCUT2D eigenvalue weighted by Gasteiger charge is -1.87. The fourth-order valence-electron chi connectivity index (χ4n) is 0.789. The number of hydrogen-bond donors (Lipinski definition) is 1. The highest BCUT2D eigenvalue weighted by molar-refractivity contribution is 9.11. The molecule has 2 N–H and O–H groups in total. The molecule has 0 radical (unpaired) electrons. The zero-order valence-electron chi connectivity index (χ0n) is 5.86. The van der Waals surface area contributed by atoms with Gasteiger partial charge in [-0.15, -0.1) is 11.3 Å². The van der Waals surface area contributed by atoms with Gasteiger partial charge < -0.3 is 5.73 Å². The molecule has 0 aromatic carbocycles. The molecule has 0 atom stereocenters. The monoisotopic (exact) mass is 219 g/mol. The maximum Gasteiger partial charge on any atom is 0.0730 e. The van der Waals surface area contributed by atoms with Crippen molar-refractivity contribution in [2.75, 3.05) is 6.54 Å². The van der Waals surface area contributed by atoms with Crippen molar-refractivity contribution in [1.29, 1.82) is 0 Å². The Labute approximate surface area is 73.4 Å². The van der Waals surface area contributed by atoms with E-state index in [4.69, 9.17) is 5.73 Å². The molecule has 3 heteroatoms. The average molecular weight is 220 g/mol. The van der Waals surface area contributed by atoms with Gasteiger partial charge >= 0.3 is 0 Å². The summed E-state index contributed by atoms with van der Waals surface area (Å²) in [4.78, 5) is 1.37. The number of hydrogen-bond acceptors (Lipinski definition) is 2. The lowest BCUT2D eigenvalue weighted by atomic mass is 10.3. The second-order valence-corrected chi connectivity index (χ2v) is 4.66. The van der Waals surface area contributed by atoms with Gasteiger partial charge in [0, 0.05) is 4.88 Å². The first-order valence-electron chi connectivity index (χ1n) is 3.19. The molecule has 0 saturated carbocycles. The van der Waals surface area contributed by atoms with E-state index in [2.05, 4.69) is 28.9 Å². The molecule has 1 heterocycles. The van der Waals surface area contributed by atoms with Crippen molar-refractivity contribution < 1.29 is 0 Å². The lowest BCUT2D eigenvalue weighted by Crippen LogP contribution is -2.00. The van der Waals surface area contributed by atoms with Crippen molar-refractivity contribution in [2.45, 2.75) is 13.3 Å². The van der Waals surface area contributed by atoms with Gasteiger partial charge in [0.05, 0.1) is 3.79 Å². The summed E-state index contributed by atoms with van der Waals surface area (Å²) in [5, 5.41) is 0. The van der Waals surface area contributed by atoms with Crippen LogP contribution in [0, 0.1) is 6.92 Å². The van der Waals surface area contributed by atoms with Gasteiger partial charge in [-0.1, -0.05) is 0 Å². The molecular formula is C7H10BrNS. The summed E-state index contributed by atoms with van der Waals surface area (Å²) in [6.07, 6.45) is 0.997. The van der Waals surface area contributed by atoms with Gasteiger partial charge in [-0.05, 0) is 47.4 Å². The van der Waals surface area contributed by atoms with Crippen molar-refractivity contribution in [1.82, 2.24) is 0 Å². The minimum atomic E-state index is 0.742. The van der Waals surface area contributed by atoms with Gasteiger partial charge in [0.2, 0.25) is 0 Å². The number of thiophene rings is 1. The van der Waals surface area contributed by atoms with E-state index < -0.39 is 0 Å². The minimum absolute atomic E-state index is 0.742. The van der Waals surface area contributed by atoms with E-state index >= 15 is 0 Å². The molecule has 0 aliphatic carbocycles. The predicted molar refractivity (Wildman–Crippen MR) is 49.5 cm³/mol. The third-order valence-electron chi connectivity index (χ3n) is 1.30. The van der Waals surface area contributed by atoms with Crippen molar-refractivity contribution in [3.63, 3.8) is 0 Å². The summed E-state index contributed by atoms with van der Waals surface area (Å²) in [6.45, 7) is 2.84. The number of rotatable bonds is 2. The molecule has 56 valence electrons. The minimum Gasteiger partial charge on any atom is -0.330 e. The summed E-state index contributed by atoms with van der Waals surface area (Å²) < 4.78 is 1.23. The summed E-state index contributed by atoms with van der Waals surface area (Å²) >= 11 is 5.24. The molecule has 0 aliphatic heterocycles. The van der Waals surface area contributed by atoms with E-state index in [0.29, 0.717) is 0 Å². The molecule has 1 nitrogen and oxygen atoms in total. The summed E-state index contributed by atoms with van der Waals surface area (Å²) in [7, 11) is 0. The predicted octanol–water partition coefficient (Wildman–Crippen LogP) is 2.32. The van der Waals surface area contributed by atoms with E-state index in [1.54, 1.807) is 11.3 Å². The van der Waals surface area contributed by atoms with Gasteiger partial charge in [0.25, 0.3) is 0 Å². The average Bonchev–Trinajstić information content (AvgIpc) is 2.14. The highest BCUT2D eigenvalue weighted by Gasteiger charge is 2.00. The van der Waals surface area contributed by atoms with Crippen LogP contribution in [0.1, 0.15) is 10.4 Å². The zero-order chi connectivity index (χ0) is 7.56. The zero-order valence-corrected chi connectivity index (χ0v) is 8.26. The topological polar surface area (TPSA) is 26.0 Å². The number of halogens is 1. The first-order valence-corrected chi connectivity index (χ1v) is 4.80. The second-order valence-electron chi connectivity index (χ2n) is 2.21. The Kier molecular flexibility index (Phi) is 2.89. The molecule has 0 aliphatic rings. The van der Waals surface area contributed by atoms with Crippen LogP contribution in [0.5, 0.6) is 0 Å². The highest BCUT2D eigenvalue weighted by atomic mass is 79.9. The van der Waals surface area contributed by atoms with Crippen molar-refractivity contribution in [2.24, 2.45) is 5.73 Å². The largest absolute Gasteiger partial charge is 0.330 e. The highest BCUT2D eigenvalue weighted by Crippen LogP contribution is 2.27. The molecule has 0 fully saturated rings. The van der Waals surface area contributed by atoms with Crippen LogP contribution >= 0.6 is 27.3 Å². The Morgan fingerprint density at radius 1 is 1.70 bits per heavy atom. The maximum atomic E-state index is 5.41. The quantitative estimate of drug-likeness (QED) is 0.813. The molecular weight excluding hydrogens is 210 g/mol. The van der Waals surface area contributed by atoms with Crippen LogP contribution in [-0.4, -0.2) is 6.54 Å². The smallest absolute Gasteiger partial charge is 0.0730 e. The van der Waals surface area contributed by atoms with Crippen LogP contribution in [0.4, 0.5) is 0 Å². The van der Waals surface area contributed by atoms with E-state index in [1.807, 2.05) is 0 Å². The Morgan fingerprint density at radius 3 is 2.80 bits per heavy atom. The van der Waals surface area contributed by atoms with E-state index in [0.717, 1.165) is 13.0 Å². The lowest BCUT2D eigenvalue weighted by molar-refractivity contribution is 0.988. The molecule has 1 rings (SSSR count). The number of aryl methyl sites for hydroxylation is 1. The Bertz CT molecular complexity index is 200. The molecule has 1 aromatic heterocycles. The molecule has 0 unspecified atom stereocenters. The van der Waals surface area contributed by atoms with Crippen molar-refractivity contribution in [3.8, 4) is 0 Å². The van der Waals surface area contributed by atoms with Crippen LogP contribution in [0.2, 0.25) is 0 Å². The fraction of sp³-hybridized carbons (Fsp3) is 0.429. The van der Waals surface area contributed by atoms with Gasteiger partial charge in [0.15, 0.2) is 0 Å². The first kappa shape index (κ1) is 8.24. The summed E-state index contributed by atoms with van der Waals surface area (Å²) in [5.74, 6) is 0. The van der Waals surface area contributed by atoms with Gasteiger partial charge in [-0.2, -0.15) is 0 Å². The van der Waals surface area contributed by atoms with Crippen molar-refractivity contribution in [3.05, 3.63) is 20.3 Å². The molecule has 0 spiro atoms. The SMILES string of the molecule is Cc1cc(CCN)sc1Br. The fourth-order valence-corrected chi connectivity index (χ4v) is 2.43. The Morgan fingerprint density at radius 2 is 2.40 bits per heavy atom. The molecule has 0 saturated heterocycles. The van der Waals surface area contributed by atoms with Crippen LogP contribution < -0.4 is 5.73 Å². The van der Waals surface area contributed by atoms with E-state index in [-0.39, 0.29) is 0 Å². The molecule has 1 aromatic rings. The van der Waals surface area contributed by atoms with Crippen LogP contribution in [-0.2, 0) is 6.42 Å². The van der Waals surface area contributed by atoms with Crippen LogP contribution in [0.3, 0.4) is 0 Å². The van der Waals surface area contributed by atoms with E-state index in [9.17, 15) is 0 Å². The summed E-state index contributed by atoms with van der Waals surface area (Å²) in [5.41, 5.74) is 6.72. The number of nitrogens with two attached hydrogens (primary N) is 1. The summed E-state index contributed by atoms with van der Waals surface area (Å²) in [6, 6.07) is 2.18. The second kappa shape index (κ2) is 3.51. The first-order chi connectivity index (χ1) is 4.74. The maximum absolute atomic E-state index is 5.41. The third-order valence-corrected chi connectivity index (χ3v) is 3.50. The molecule has 0 amide bonds. The third kappa shape index (κ3) is 1.81.